The van der Waals surface area contributed by atoms with Gasteiger partial charge in [-0.15, -0.1) is 0 Å². The number of thioether (sulfide) groups is 1. The molecule has 0 saturated heterocycles. The van der Waals surface area contributed by atoms with Crippen LogP contribution in [0.15, 0.2) is 12.3 Å². The number of nitrogens with zero attached hydrogens (tertiary/aromatic N) is 1. The SMILES string of the molecule is CSCC(C)NC(=O)c1ccnc(NN)c1F. The molecule has 0 aliphatic heterocycles. The van der Waals surface area contributed by atoms with Gasteiger partial charge in [0.05, 0.1) is 5.56 Å². The molecule has 0 aliphatic carbocycles. The molecule has 1 unspecified atom stereocenters. The highest BCUT2D eigenvalue weighted by atomic mass is 32.2. The Kier molecular flexibility index (Phi) is 5.17. The Morgan fingerprint density at radius 1 is 1.71 bits per heavy atom. The van der Waals surface area contributed by atoms with Crippen LogP contribution in [-0.4, -0.2) is 28.9 Å². The molecule has 0 aliphatic rings. The maximum atomic E-state index is 13.7. The van der Waals surface area contributed by atoms with E-state index in [1.165, 1.54) is 12.3 Å². The van der Waals surface area contributed by atoms with Gasteiger partial charge in [-0.1, -0.05) is 0 Å². The van der Waals surface area contributed by atoms with Crippen molar-refractivity contribution in [3.63, 3.8) is 0 Å². The predicted octanol–water partition coefficient (Wildman–Crippen LogP) is 0.988. The summed E-state index contributed by atoms with van der Waals surface area (Å²) in [5, 5.41) is 2.69. The van der Waals surface area contributed by atoms with Gasteiger partial charge in [-0.25, -0.2) is 15.2 Å². The zero-order valence-electron chi connectivity index (χ0n) is 9.66. The third-order valence-corrected chi connectivity index (χ3v) is 2.90. The van der Waals surface area contributed by atoms with Gasteiger partial charge >= 0.3 is 0 Å². The number of carbonyl (C=O) groups excluding carboxylic acids is 1. The molecule has 0 fully saturated rings. The van der Waals surface area contributed by atoms with Crippen LogP contribution in [-0.2, 0) is 0 Å². The van der Waals surface area contributed by atoms with Crippen molar-refractivity contribution in [3.8, 4) is 0 Å². The summed E-state index contributed by atoms with van der Waals surface area (Å²) >= 11 is 1.61. The monoisotopic (exact) mass is 258 g/mol. The summed E-state index contributed by atoms with van der Waals surface area (Å²) in [4.78, 5) is 15.4. The quantitative estimate of drug-likeness (QED) is 0.542. The fourth-order valence-corrected chi connectivity index (χ4v) is 1.90. The second-order valence-electron chi connectivity index (χ2n) is 3.50. The number of hydrogen-bond donors (Lipinski definition) is 3. The largest absolute Gasteiger partial charge is 0.349 e. The lowest BCUT2D eigenvalue weighted by molar-refractivity contribution is 0.0939. The number of amides is 1. The molecular formula is C10H15FN4OS. The molecule has 17 heavy (non-hydrogen) atoms. The highest BCUT2D eigenvalue weighted by Crippen LogP contribution is 2.14. The van der Waals surface area contributed by atoms with E-state index in [0.717, 1.165) is 5.75 Å². The van der Waals surface area contributed by atoms with Gasteiger partial charge in [0.25, 0.3) is 5.91 Å². The van der Waals surface area contributed by atoms with E-state index in [0.29, 0.717) is 0 Å². The maximum absolute atomic E-state index is 13.7. The van der Waals surface area contributed by atoms with Crippen LogP contribution in [0, 0.1) is 5.82 Å². The fourth-order valence-electron chi connectivity index (χ4n) is 1.31. The Hall–Kier alpha value is -1.34. The van der Waals surface area contributed by atoms with Crippen LogP contribution in [0.25, 0.3) is 0 Å². The number of halogens is 1. The average Bonchev–Trinajstić information content (AvgIpc) is 2.29. The van der Waals surface area contributed by atoms with E-state index >= 15 is 0 Å². The van der Waals surface area contributed by atoms with Gasteiger partial charge in [0.15, 0.2) is 11.6 Å². The molecule has 0 saturated carbocycles. The summed E-state index contributed by atoms with van der Waals surface area (Å²) in [5.41, 5.74) is 2.03. The highest BCUT2D eigenvalue weighted by Gasteiger charge is 2.16. The second kappa shape index (κ2) is 6.41. The molecule has 94 valence electrons. The van der Waals surface area contributed by atoms with Crippen LogP contribution in [0.2, 0.25) is 0 Å². The highest BCUT2D eigenvalue weighted by molar-refractivity contribution is 7.98. The van der Waals surface area contributed by atoms with E-state index in [9.17, 15) is 9.18 Å². The smallest absolute Gasteiger partial charge is 0.254 e. The summed E-state index contributed by atoms with van der Waals surface area (Å²) in [6.07, 6.45) is 3.26. The molecule has 1 rings (SSSR count). The van der Waals surface area contributed by atoms with E-state index in [4.69, 9.17) is 5.84 Å². The van der Waals surface area contributed by atoms with Crippen LogP contribution in [0.5, 0.6) is 0 Å². The lowest BCUT2D eigenvalue weighted by atomic mass is 10.2. The maximum Gasteiger partial charge on any atom is 0.254 e. The van der Waals surface area contributed by atoms with Gasteiger partial charge in [-0.2, -0.15) is 11.8 Å². The molecule has 1 atom stereocenters. The van der Waals surface area contributed by atoms with Gasteiger partial charge in [-0.3, -0.25) is 4.79 Å². The Morgan fingerprint density at radius 3 is 3.00 bits per heavy atom. The molecule has 1 amide bonds. The zero-order chi connectivity index (χ0) is 12.8. The summed E-state index contributed by atoms with van der Waals surface area (Å²) < 4.78 is 13.7. The molecular weight excluding hydrogens is 243 g/mol. The van der Waals surface area contributed by atoms with Crippen molar-refractivity contribution < 1.29 is 9.18 Å². The van der Waals surface area contributed by atoms with Crippen LogP contribution < -0.4 is 16.6 Å². The Balaban J connectivity index is 2.82. The van der Waals surface area contributed by atoms with Gasteiger partial charge in [-0.05, 0) is 19.2 Å². The number of hydrazine groups is 1. The third-order valence-electron chi connectivity index (χ3n) is 2.06. The molecule has 4 N–H and O–H groups in total. The first-order valence-electron chi connectivity index (χ1n) is 5.01. The first kappa shape index (κ1) is 13.7. The molecule has 7 heteroatoms. The van der Waals surface area contributed by atoms with Crippen LogP contribution in [0.4, 0.5) is 10.2 Å². The molecule has 0 radical (unpaired) electrons. The molecule has 0 spiro atoms. The van der Waals surface area contributed by atoms with Crippen molar-refractivity contribution in [2.45, 2.75) is 13.0 Å². The van der Waals surface area contributed by atoms with E-state index < -0.39 is 11.7 Å². The number of anilines is 1. The number of carbonyl (C=O) groups is 1. The Morgan fingerprint density at radius 2 is 2.41 bits per heavy atom. The van der Waals surface area contributed by atoms with Crippen molar-refractivity contribution in [2.75, 3.05) is 17.4 Å². The summed E-state index contributed by atoms with van der Waals surface area (Å²) in [6.45, 7) is 1.86. The van der Waals surface area contributed by atoms with E-state index in [1.54, 1.807) is 11.8 Å². The first-order valence-corrected chi connectivity index (χ1v) is 6.40. The van der Waals surface area contributed by atoms with Gasteiger partial charge in [0.2, 0.25) is 0 Å². The van der Waals surface area contributed by atoms with Crippen molar-refractivity contribution >= 4 is 23.5 Å². The predicted molar refractivity (Wildman–Crippen MR) is 67.3 cm³/mol. The first-order chi connectivity index (χ1) is 8.10. The minimum atomic E-state index is -0.746. The summed E-state index contributed by atoms with van der Waals surface area (Å²) in [6, 6.07) is 1.29. The Bertz CT molecular complexity index is 402. The van der Waals surface area contributed by atoms with Crippen LogP contribution in [0.1, 0.15) is 17.3 Å². The number of hydrogen-bond acceptors (Lipinski definition) is 5. The molecule has 1 heterocycles. The molecule has 0 bridgehead atoms. The number of nitrogens with one attached hydrogen (secondary N) is 2. The molecule has 1 aromatic heterocycles. The number of pyridine rings is 1. The van der Waals surface area contributed by atoms with Gasteiger partial charge in [0, 0.05) is 18.0 Å². The van der Waals surface area contributed by atoms with Crippen molar-refractivity contribution in [1.82, 2.24) is 10.3 Å². The third kappa shape index (κ3) is 3.57. The molecule has 1 aromatic rings. The summed E-state index contributed by atoms with van der Waals surface area (Å²) in [5.74, 6) is 4.49. The van der Waals surface area contributed by atoms with Crippen molar-refractivity contribution in [3.05, 3.63) is 23.6 Å². The zero-order valence-corrected chi connectivity index (χ0v) is 10.5. The minimum Gasteiger partial charge on any atom is -0.349 e. The summed E-state index contributed by atoms with van der Waals surface area (Å²) in [7, 11) is 0. The number of rotatable bonds is 5. The lowest BCUT2D eigenvalue weighted by Crippen LogP contribution is -2.35. The topological polar surface area (TPSA) is 80.0 Å². The molecule has 5 nitrogen and oxygen atoms in total. The number of nitrogen functional groups attached to an aromatic ring is 1. The normalized spacial score (nSPS) is 12.0. The Labute approximate surface area is 103 Å². The number of nitrogens with two attached hydrogens (primary N) is 1. The van der Waals surface area contributed by atoms with Gasteiger partial charge < -0.3 is 10.7 Å². The van der Waals surface area contributed by atoms with Crippen LogP contribution >= 0.6 is 11.8 Å². The second-order valence-corrected chi connectivity index (χ2v) is 4.41. The van der Waals surface area contributed by atoms with Crippen LogP contribution in [0.3, 0.4) is 0 Å². The minimum absolute atomic E-state index is 0.0284. The van der Waals surface area contributed by atoms with E-state index in [1.807, 2.05) is 13.2 Å². The molecule has 0 aromatic carbocycles. The van der Waals surface area contributed by atoms with E-state index in [-0.39, 0.29) is 17.4 Å². The average molecular weight is 258 g/mol. The standard InChI is InChI=1S/C10H15FN4OS/c1-6(5-17-2)14-10(16)7-3-4-13-9(15-12)8(7)11/h3-4,6H,5,12H2,1-2H3,(H,13,15)(H,14,16). The lowest BCUT2D eigenvalue weighted by Gasteiger charge is -2.13. The number of aromatic nitrogens is 1. The van der Waals surface area contributed by atoms with E-state index in [2.05, 4.69) is 15.7 Å². The van der Waals surface area contributed by atoms with Crippen molar-refractivity contribution in [1.29, 1.82) is 0 Å². The van der Waals surface area contributed by atoms with Crippen molar-refractivity contribution in [2.24, 2.45) is 5.84 Å². The fraction of sp³-hybridized carbons (Fsp3) is 0.400. The van der Waals surface area contributed by atoms with Gasteiger partial charge in [0.1, 0.15) is 0 Å².